The van der Waals surface area contributed by atoms with Crippen molar-refractivity contribution in [1.82, 2.24) is 24.7 Å². The Labute approximate surface area is 190 Å². The van der Waals surface area contributed by atoms with E-state index in [1.54, 1.807) is 40.7 Å². The predicted octanol–water partition coefficient (Wildman–Crippen LogP) is 1.96. The average Bonchev–Trinajstić information content (AvgIpc) is 3.28. The number of hydrogen-bond donors (Lipinski definition) is 2. The van der Waals surface area contributed by atoms with Crippen LogP contribution in [0.15, 0.2) is 59.4 Å². The molecule has 0 saturated carbocycles. The Bertz CT molecular complexity index is 1290. The molecule has 2 aliphatic rings. The Balaban J connectivity index is 1.25. The molecule has 33 heavy (non-hydrogen) atoms. The van der Waals surface area contributed by atoms with Crippen LogP contribution in [0.3, 0.4) is 0 Å². The van der Waals surface area contributed by atoms with Crippen LogP contribution in [0.2, 0.25) is 0 Å². The Hall–Kier alpha value is -3.88. The molecule has 9 nitrogen and oxygen atoms in total. The molecule has 0 spiro atoms. The number of imidazole rings is 1. The number of piperidine rings is 1. The molecule has 3 heterocycles. The molecule has 0 bridgehead atoms. The van der Waals surface area contributed by atoms with Crippen molar-refractivity contribution in [1.29, 1.82) is 0 Å². The maximum Gasteiger partial charge on any atom is 0.326 e. The molecule has 1 aromatic heterocycles. The van der Waals surface area contributed by atoms with E-state index in [2.05, 4.69) is 10.3 Å². The summed E-state index contributed by atoms with van der Waals surface area (Å²) < 4.78 is 1.76. The Kier molecular flexibility index (Phi) is 5.03. The van der Waals surface area contributed by atoms with Crippen molar-refractivity contribution in [2.24, 2.45) is 0 Å². The van der Waals surface area contributed by atoms with Gasteiger partial charge in [-0.05, 0) is 37.5 Å². The summed E-state index contributed by atoms with van der Waals surface area (Å²) in [5.41, 5.74) is 0.971. The lowest BCUT2D eigenvalue weighted by atomic mass is 9.92. The first kappa shape index (κ1) is 21.0. The van der Waals surface area contributed by atoms with E-state index in [1.165, 1.54) is 0 Å². The van der Waals surface area contributed by atoms with Gasteiger partial charge in [0.05, 0.1) is 11.0 Å². The van der Waals surface area contributed by atoms with E-state index in [4.69, 9.17) is 0 Å². The summed E-state index contributed by atoms with van der Waals surface area (Å²) in [5, 5.41) is 2.73. The highest BCUT2D eigenvalue weighted by atomic mass is 16.2. The standard InChI is InChI=1S/C24H25N5O4/c1-24(16-7-3-2-4-8-16)21(31)28(23(33)26-24)15-20(30)27-13-11-17(12-14-27)29-19-10-6-5-9-18(19)25-22(29)32/h2-10,17H,11-15H2,1H3,(H,25,32)(H,26,33)/t24-/m1/s1. The molecule has 0 aliphatic carbocycles. The highest BCUT2D eigenvalue weighted by Crippen LogP contribution is 2.29. The third-order valence-corrected chi connectivity index (χ3v) is 6.73. The molecule has 9 heteroatoms. The van der Waals surface area contributed by atoms with Crippen molar-refractivity contribution >= 4 is 28.9 Å². The van der Waals surface area contributed by atoms with Gasteiger partial charge in [-0.15, -0.1) is 0 Å². The zero-order valence-corrected chi connectivity index (χ0v) is 18.3. The summed E-state index contributed by atoms with van der Waals surface area (Å²) >= 11 is 0. The van der Waals surface area contributed by atoms with E-state index in [1.807, 2.05) is 30.3 Å². The van der Waals surface area contributed by atoms with Crippen LogP contribution in [0.4, 0.5) is 4.79 Å². The van der Waals surface area contributed by atoms with Gasteiger partial charge in [0.1, 0.15) is 12.1 Å². The molecular formula is C24H25N5O4. The summed E-state index contributed by atoms with van der Waals surface area (Å²) in [5.74, 6) is -0.715. The number of rotatable bonds is 4. The quantitative estimate of drug-likeness (QED) is 0.596. The Morgan fingerprint density at radius 3 is 2.39 bits per heavy atom. The lowest BCUT2D eigenvalue weighted by Crippen LogP contribution is -2.47. The van der Waals surface area contributed by atoms with E-state index in [9.17, 15) is 19.2 Å². The van der Waals surface area contributed by atoms with Crippen LogP contribution in [0.1, 0.15) is 31.4 Å². The highest BCUT2D eigenvalue weighted by Gasteiger charge is 2.49. The molecule has 0 unspecified atom stereocenters. The smallest absolute Gasteiger partial charge is 0.326 e. The maximum absolute atomic E-state index is 13.1. The molecule has 2 saturated heterocycles. The van der Waals surface area contributed by atoms with Gasteiger partial charge >= 0.3 is 11.7 Å². The first-order valence-electron chi connectivity index (χ1n) is 11.0. The largest absolute Gasteiger partial charge is 0.341 e. The molecular weight excluding hydrogens is 422 g/mol. The van der Waals surface area contributed by atoms with E-state index < -0.39 is 17.5 Å². The number of carbonyl (C=O) groups excluding carboxylic acids is 3. The minimum absolute atomic E-state index is 0.0178. The average molecular weight is 447 g/mol. The second-order valence-electron chi connectivity index (χ2n) is 8.74. The number of aromatic amines is 1. The molecule has 1 atom stereocenters. The third kappa shape index (κ3) is 3.49. The van der Waals surface area contributed by atoms with Gasteiger partial charge in [-0.1, -0.05) is 42.5 Å². The first-order chi connectivity index (χ1) is 15.9. The van der Waals surface area contributed by atoms with Crippen molar-refractivity contribution in [2.45, 2.75) is 31.3 Å². The van der Waals surface area contributed by atoms with Crippen molar-refractivity contribution in [3.8, 4) is 0 Å². The number of amides is 4. The van der Waals surface area contributed by atoms with Crippen LogP contribution >= 0.6 is 0 Å². The van der Waals surface area contributed by atoms with Crippen LogP contribution in [-0.2, 0) is 15.1 Å². The van der Waals surface area contributed by atoms with Gasteiger partial charge in [0.2, 0.25) is 5.91 Å². The molecule has 2 fully saturated rings. The number of imide groups is 1. The Morgan fingerprint density at radius 2 is 1.67 bits per heavy atom. The molecule has 170 valence electrons. The number of aromatic nitrogens is 2. The number of nitrogens with zero attached hydrogens (tertiary/aromatic N) is 3. The molecule has 2 N–H and O–H groups in total. The molecule has 2 aliphatic heterocycles. The second-order valence-corrected chi connectivity index (χ2v) is 8.74. The summed E-state index contributed by atoms with van der Waals surface area (Å²) in [6.07, 6.45) is 1.24. The number of para-hydroxylation sites is 2. The Morgan fingerprint density at radius 1 is 1.00 bits per heavy atom. The number of nitrogens with one attached hydrogen (secondary N) is 2. The van der Waals surface area contributed by atoms with Crippen molar-refractivity contribution in [3.05, 3.63) is 70.6 Å². The summed E-state index contributed by atoms with van der Waals surface area (Å²) in [7, 11) is 0. The van der Waals surface area contributed by atoms with Gasteiger partial charge < -0.3 is 15.2 Å². The van der Waals surface area contributed by atoms with Crippen LogP contribution in [0.5, 0.6) is 0 Å². The summed E-state index contributed by atoms with van der Waals surface area (Å²) in [6.45, 7) is 2.26. The molecule has 2 aromatic carbocycles. The minimum Gasteiger partial charge on any atom is -0.341 e. The monoisotopic (exact) mass is 447 g/mol. The number of urea groups is 1. The number of hydrogen-bond acceptors (Lipinski definition) is 4. The van der Waals surface area contributed by atoms with Gasteiger partial charge in [0.25, 0.3) is 5.91 Å². The van der Waals surface area contributed by atoms with Crippen molar-refractivity contribution < 1.29 is 14.4 Å². The maximum atomic E-state index is 13.1. The lowest BCUT2D eigenvalue weighted by molar-refractivity contribution is -0.139. The van der Waals surface area contributed by atoms with Crippen LogP contribution in [0, 0.1) is 0 Å². The van der Waals surface area contributed by atoms with Crippen LogP contribution < -0.4 is 11.0 Å². The van der Waals surface area contributed by atoms with Gasteiger partial charge in [-0.2, -0.15) is 0 Å². The topological polar surface area (TPSA) is 108 Å². The van der Waals surface area contributed by atoms with Gasteiger partial charge in [0.15, 0.2) is 0 Å². The van der Waals surface area contributed by atoms with Crippen molar-refractivity contribution in [2.75, 3.05) is 19.6 Å². The third-order valence-electron chi connectivity index (χ3n) is 6.73. The first-order valence-corrected chi connectivity index (χ1v) is 11.0. The van der Waals surface area contributed by atoms with E-state index in [0.717, 1.165) is 15.9 Å². The molecule has 3 aromatic rings. The van der Waals surface area contributed by atoms with Gasteiger partial charge in [-0.25, -0.2) is 9.59 Å². The van der Waals surface area contributed by atoms with E-state index in [0.29, 0.717) is 31.5 Å². The van der Waals surface area contributed by atoms with Crippen molar-refractivity contribution in [3.63, 3.8) is 0 Å². The summed E-state index contributed by atoms with van der Waals surface area (Å²) in [6, 6.07) is 16.0. The highest BCUT2D eigenvalue weighted by molar-refractivity contribution is 6.09. The second kappa shape index (κ2) is 7.91. The predicted molar refractivity (Wildman–Crippen MR) is 121 cm³/mol. The summed E-state index contributed by atoms with van der Waals surface area (Å²) in [4.78, 5) is 56.5. The fourth-order valence-electron chi connectivity index (χ4n) is 4.85. The molecule has 5 rings (SSSR count). The fourth-order valence-corrected chi connectivity index (χ4v) is 4.85. The number of fused-ring (bicyclic) bond motifs is 1. The van der Waals surface area contributed by atoms with E-state index in [-0.39, 0.29) is 24.2 Å². The fraction of sp³-hybridized carbons (Fsp3) is 0.333. The lowest BCUT2D eigenvalue weighted by Gasteiger charge is -2.33. The van der Waals surface area contributed by atoms with Crippen LogP contribution in [0.25, 0.3) is 11.0 Å². The minimum atomic E-state index is -1.19. The molecule has 4 amide bonds. The number of carbonyl (C=O) groups is 3. The normalized spacial score (nSPS) is 21.6. The van der Waals surface area contributed by atoms with Gasteiger partial charge in [0, 0.05) is 19.1 Å². The number of benzene rings is 2. The van der Waals surface area contributed by atoms with Crippen LogP contribution in [-0.4, -0.2) is 56.8 Å². The zero-order valence-electron chi connectivity index (χ0n) is 18.3. The zero-order chi connectivity index (χ0) is 23.2. The number of likely N-dealkylation sites (tertiary alicyclic amines) is 1. The van der Waals surface area contributed by atoms with E-state index >= 15 is 0 Å². The number of H-pyrrole nitrogens is 1. The SMILES string of the molecule is C[C@]1(c2ccccc2)NC(=O)N(CC(=O)N2CCC(n3c(=O)[nH]c4ccccc43)CC2)C1=O. The molecule has 0 radical (unpaired) electrons. The van der Waals surface area contributed by atoms with Gasteiger partial charge in [-0.3, -0.25) is 19.1 Å².